The topological polar surface area (TPSA) is 63.6 Å². The van der Waals surface area contributed by atoms with Crippen LogP contribution in [0.5, 0.6) is 5.88 Å². The monoisotopic (exact) mass is 423 g/mol. The molecule has 4 aromatic heterocycles. The van der Waals surface area contributed by atoms with Crippen molar-refractivity contribution in [2.75, 3.05) is 0 Å². The van der Waals surface area contributed by atoms with Crippen molar-refractivity contribution in [2.24, 2.45) is 0 Å². The van der Waals surface area contributed by atoms with E-state index in [1.165, 1.54) is 10.1 Å². The number of rotatable bonds is 4. The maximum Gasteiger partial charge on any atom is 0.219 e. The first-order valence-corrected chi connectivity index (χ1v) is 10.8. The Balaban J connectivity index is 1.60. The summed E-state index contributed by atoms with van der Waals surface area (Å²) < 4.78 is 8.38. The van der Waals surface area contributed by atoms with E-state index in [0.29, 0.717) is 17.8 Å². The number of imidazole rings is 1. The first kappa shape index (κ1) is 17.9. The lowest BCUT2D eigenvalue weighted by molar-refractivity contribution is 0.438. The van der Waals surface area contributed by atoms with Gasteiger partial charge < -0.3 is 9.52 Å². The molecule has 0 spiro atoms. The summed E-state index contributed by atoms with van der Waals surface area (Å²) in [5.41, 5.74) is 3.70. The molecule has 150 valence electrons. The molecule has 5 nitrogen and oxygen atoms in total. The van der Waals surface area contributed by atoms with Crippen LogP contribution in [0.15, 0.2) is 89.7 Å². The van der Waals surface area contributed by atoms with Crippen molar-refractivity contribution in [3.8, 4) is 27.7 Å². The Morgan fingerprint density at radius 3 is 2.58 bits per heavy atom. The summed E-state index contributed by atoms with van der Waals surface area (Å²) in [5.74, 6) is 0.853. The Morgan fingerprint density at radius 1 is 0.935 bits per heavy atom. The fourth-order valence-corrected chi connectivity index (χ4v) is 4.84. The van der Waals surface area contributed by atoms with Gasteiger partial charge in [-0.05, 0) is 29.7 Å². The van der Waals surface area contributed by atoms with Gasteiger partial charge in [0.25, 0.3) is 0 Å². The zero-order valence-electron chi connectivity index (χ0n) is 16.4. The quantitative estimate of drug-likeness (QED) is 0.368. The van der Waals surface area contributed by atoms with E-state index >= 15 is 0 Å². The summed E-state index contributed by atoms with van der Waals surface area (Å²) in [5, 5.41) is 12.2. The van der Waals surface area contributed by atoms with Crippen molar-refractivity contribution in [3.05, 3.63) is 96.7 Å². The van der Waals surface area contributed by atoms with E-state index in [0.717, 1.165) is 27.6 Å². The van der Waals surface area contributed by atoms with Crippen LogP contribution in [0.4, 0.5) is 0 Å². The number of hydrogen-bond donors (Lipinski definition) is 1. The standard InChI is InChI=1S/C25H17N3O2S/c29-25-19(14-18-10-6-12-30-18)27-24-23(22-13-17-9-4-5-11-21(17)31-22)26-20(15-28(24)25)16-7-2-1-3-8-16/h1-13,15,29H,14H2. The molecular weight excluding hydrogens is 406 g/mol. The molecule has 31 heavy (non-hydrogen) atoms. The molecule has 0 aliphatic rings. The highest BCUT2D eigenvalue weighted by Crippen LogP contribution is 2.37. The Labute approximate surface area is 181 Å². The second kappa shape index (κ2) is 7.11. The number of thiophene rings is 1. The van der Waals surface area contributed by atoms with Crippen molar-refractivity contribution < 1.29 is 9.52 Å². The highest BCUT2D eigenvalue weighted by atomic mass is 32.1. The number of benzene rings is 2. The van der Waals surface area contributed by atoms with Gasteiger partial charge in [0, 0.05) is 16.5 Å². The van der Waals surface area contributed by atoms with E-state index < -0.39 is 0 Å². The molecular formula is C25H17N3O2S. The van der Waals surface area contributed by atoms with Crippen LogP contribution in [0.1, 0.15) is 11.5 Å². The first-order chi connectivity index (χ1) is 15.3. The first-order valence-electron chi connectivity index (χ1n) is 9.94. The molecule has 0 fully saturated rings. The summed E-state index contributed by atoms with van der Waals surface area (Å²) >= 11 is 1.67. The number of fused-ring (bicyclic) bond motifs is 2. The van der Waals surface area contributed by atoms with E-state index in [9.17, 15) is 5.11 Å². The Bertz CT molecular complexity index is 1480. The average molecular weight is 423 g/mol. The normalized spacial score (nSPS) is 11.5. The Kier molecular flexibility index (Phi) is 4.11. The molecule has 0 amide bonds. The molecule has 0 atom stereocenters. The predicted molar refractivity (Wildman–Crippen MR) is 122 cm³/mol. The maximum atomic E-state index is 11.0. The van der Waals surface area contributed by atoms with Crippen LogP contribution >= 0.6 is 11.3 Å². The molecule has 4 heterocycles. The van der Waals surface area contributed by atoms with Crippen molar-refractivity contribution in [3.63, 3.8) is 0 Å². The third kappa shape index (κ3) is 3.08. The maximum absolute atomic E-state index is 11.0. The largest absolute Gasteiger partial charge is 0.493 e. The van der Waals surface area contributed by atoms with Crippen LogP contribution in [-0.4, -0.2) is 19.5 Å². The van der Waals surface area contributed by atoms with Crippen LogP contribution in [-0.2, 0) is 6.42 Å². The van der Waals surface area contributed by atoms with Crippen molar-refractivity contribution in [1.29, 1.82) is 0 Å². The molecule has 0 saturated heterocycles. The van der Waals surface area contributed by atoms with Crippen molar-refractivity contribution >= 4 is 27.1 Å². The van der Waals surface area contributed by atoms with Crippen LogP contribution in [0.25, 0.3) is 37.6 Å². The van der Waals surface area contributed by atoms with Crippen LogP contribution in [0.2, 0.25) is 0 Å². The summed E-state index contributed by atoms with van der Waals surface area (Å²) in [4.78, 5) is 10.8. The van der Waals surface area contributed by atoms with Gasteiger partial charge in [-0.3, -0.25) is 4.40 Å². The third-order valence-electron chi connectivity index (χ3n) is 5.30. The van der Waals surface area contributed by atoms with Crippen LogP contribution in [0, 0.1) is 0 Å². The minimum atomic E-state index is 0.105. The minimum Gasteiger partial charge on any atom is -0.493 e. The number of nitrogens with zero attached hydrogens (tertiary/aromatic N) is 3. The zero-order valence-corrected chi connectivity index (χ0v) is 17.2. The van der Waals surface area contributed by atoms with Crippen molar-refractivity contribution in [1.82, 2.24) is 14.4 Å². The second-order valence-corrected chi connectivity index (χ2v) is 8.40. The van der Waals surface area contributed by atoms with Gasteiger partial charge in [-0.15, -0.1) is 11.3 Å². The Morgan fingerprint density at radius 2 is 1.77 bits per heavy atom. The zero-order chi connectivity index (χ0) is 20.8. The van der Waals surface area contributed by atoms with Gasteiger partial charge in [0.05, 0.1) is 23.3 Å². The van der Waals surface area contributed by atoms with Gasteiger partial charge >= 0.3 is 0 Å². The second-order valence-electron chi connectivity index (χ2n) is 7.32. The predicted octanol–water partition coefficient (Wildman–Crippen LogP) is 6.17. The van der Waals surface area contributed by atoms with E-state index in [2.05, 4.69) is 18.2 Å². The fraction of sp³-hybridized carbons (Fsp3) is 0.0400. The summed E-state index contributed by atoms with van der Waals surface area (Å²) in [6.45, 7) is 0. The molecule has 0 saturated carbocycles. The number of furan rings is 1. The van der Waals surface area contributed by atoms with E-state index in [1.807, 2.05) is 60.8 Å². The molecule has 0 bridgehead atoms. The smallest absolute Gasteiger partial charge is 0.219 e. The molecule has 0 aliphatic heterocycles. The van der Waals surface area contributed by atoms with Crippen molar-refractivity contribution in [2.45, 2.75) is 6.42 Å². The van der Waals surface area contributed by atoms with Gasteiger partial charge in [0.1, 0.15) is 17.1 Å². The van der Waals surface area contributed by atoms with Gasteiger partial charge in [-0.2, -0.15) is 0 Å². The van der Waals surface area contributed by atoms with E-state index in [4.69, 9.17) is 14.4 Å². The molecule has 1 N–H and O–H groups in total. The molecule has 6 rings (SSSR count). The lowest BCUT2D eigenvalue weighted by Crippen LogP contribution is -1.95. The minimum absolute atomic E-state index is 0.105. The SMILES string of the molecule is Oc1c(Cc2ccco2)nc2c(-c3cc4ccccc4s3)nc(-c3ccccc3)cn12. The van der Waals surface area contributed by atoms with Gasteiger partial charge in [0.2, 0.25) is 5.88 Å². The lowest BCUT2D eigenvalue weighted by Gasteiger charge is -2.07. The third-order valence-corrected chi connectivity index (χ3v) is 6.42. The summed E-state index contributed by atoms with van der Waals surface area (Å²) in [6.07, 6.45) is 3.88. The van der Waals surface area contributed by atoms with Crippen LogP contribution < -0.4 is 0 Å². The van der Waals surface area contributed by atoms with Gasteiger partial charge in [-0.1, -0.05) is 48.5 Å². The van der Waals surface area contributed by atoms with Crippen LogP contribution in [0.3, 0.4) is 0 Å². The molecule has 0 unspecified atom stereocenters. The molecule has 6 aromatic rings. The Hall–Kier alpha value is -3.90. The van der Waals surface area contributed by atoms with Gasteiger partial charge in [-0.25, -0.2) is 9.97 Å². The highest BCUT2D eigenvalue weighted by molar-refractivity contribution is 7.22. The van der Waals surface area contributed by atoms with E-state index in [-0.39, 0.29) is 5.88 Å². The number of aromatic hydroxyl groups is 1. The molecule has 0 radical (unpaired) electrons. The van der Waals surface area contributed by atoms with E-state index in [1.54, 1.807) is 22.0 Å². The molecule has 2 aromatic carbocycles. The fourth-order valence-electron chi connectivity index (χ4n) is 3.79. The molecule has 6 heteroatoms. The molecule has 0 aliphatic carbocycles. The number of aromatic nitrogens is 3. The summed E-state index contributed by atoms with van der Waals surface area (Å²) in [6, 6.07) is 24.1. The summed E-state index contributed by atoms with van der Waals surface area (Å²) in [7, 11) is 0. The van der Waals surface area contributed by atoms with Gasteiger partial charge in [0.15, 0.2) is 5.65 Å². The number of hydrogen-bond acceptors (Lipinski definition) is 5. The lowest BCUT2D eigenvalue weighted by atomic mass is 10.1. The highest BCUT2D eigenvalue weighted by Gasteiger charge is 2.20. The average Bonchev–Trinajstić information content (AvgIpc) is 3.54.